The third-order valence-corrected chi connectivity index (χ3v) is 3.98. The largest absolute Gasteiger partial charge is 0.380 e. The van der Waals surface area contributed by atoms with E-state index in [0.29, 0.717) is 19.8 Å². The Morgan fingerprint density at radius 3 is 2.40 bits per heavy atom. The van der Waals surface area contributed by atoms with Crippen molar-refractivity contribution in [3.63, 3.8) is 0 Å². The van der Waals surface area contributed by atoms with Gasteiger partial charge in [0.15, 0.2) is 0 Å². The Balaban J connectivity index is 2.89. The Morgan fingerprint density at radius 2 is 1.90 bits per heavy atom. The lowest BCUT2D eigenvalue weighted by Crippen LogP contribution is -2.66. The van der Waals surface area contributed by atoms with Gasteiger partial charge in [0.2, 0.25) is 11.8 Å². The van der Waals surface area contributed by atoms with Crippen LogP contribution in [-0.4, -0.2) is 48.6 Å². The molecule has 0 bridgehead atoms. The molecule has 0 aromatic carbocycles. The van der Waals surface area contributed by atoms with E-state index in [9.17, 15) is 9.59 Å². The Bertz CT molecular complexity index is 344. The minimum Gasteiger partial charge on any atom is -0.380 e. The Morgan fingerprint density at radius 1 is 1.25 bits per heavy atom. The molecular formula is C15H28N2O3. The van der Waals surface area contributed by atoms with E-state index in [1.165, 1.54) is 0 Å². The number of hydrogen-bond donors (Lipinski definition) is 1. The van der Waals surface area contributed by atoms with Crippen molar-refractivity contribution in [2.24, 2.45) is 11.8 Å². The summed E-state index contributed by atoms with van der Waals surface area (Å²) < 4.78 is 5.34. The summed E-state index contributed by atoms with van der Waals surface area (Å²) >= 11 is 0. The minimum absolute atomic E-state index is 0.0253. The van der Waals surface area contributed by atoms with Gasteiger partial charge in [0, 0.05) is 13.2 Å². The number of carbonyl (C=O) groups is 2. The number of hydrogen-bond acceptors (Lipinski definition) is 3. The van der Waals surface area contributed by atoms with E-state index in [4.69, 9.17) is 4.74 Å². The van der Waals surface area contributed by atoms with Gasteiger partial charge in [0.25, 0.3) is 0 Å². The monoisotopic (exact) mass is 284 g/mol. The van der Waals surface area contributed by atoms with Crippen LogP contribution in [0.1, 0.15) is 41.0 Å². The molecule has 1 heterocycles. The second kappa shape index (κ2) is 7.62. The molecule has 5 nitrogen and oxygen atoms in total. The van der Waals surface area contributed by atoms with Crippen LogP contribution >= 0.6 is 0 Å². The molecule has 1 fully saturated rings. The molecule has 5 heteroatoms. The highest BCUT2D eigenvalue weighted by atomic mass is 16.5. The summed E-state index contributed by atoms with van der Waals surface area (Å²) in [6.45, 7) is 11.5. The van der Waals surface area contributed by atoms with Crippen LogP contribution in [-0.2, 0) is 14.3 Å². The van der Waals surface area contributed by atoms with Crippen molar-refractivity contribution in [1.82, 2.24) is 10.2 Å². The molecule has 116 valence electrons. The van der Waals surface area contributed by atoms with Crippen LogP contribution in [0.3, 0.4) is 0 Å². The van der Waals surface area contributed by atoms with Gasteiger partial charge in [-0.25, -0.2) is 0 Å². The second-order valence-corrected chi connectivity index (χ2v) is 5.79. The fourth-order valence-electron chi connectivity index (χ4n) is 2.60. The molecule has 1 saturated heterocycles. The third-order valence-electron chi connectivity index (χ3n) is 3.98. The van der Waals surface area contributed by atoms with Crippen LogP contribution in [0.2, 0.25) is 0 Å². The first-order valence-corrected chi connectivity index (χ1v) is 7.62. The summed E-state index contributed by atoms with van der Waals surface area (Å²) in [5, 5.41) is 2.90. The van der Waals surface area contributed by atoms with Crippen LogP contribution in [0.15, 0.2) is 0 Å². The van der Waals surface area contributed by atoms with Gasteiger partial charge in [0.1, 0.15) is 12.1 Å². The fourth-order valence-corrected chi connectivity index (χ4v) is 2.60. The van der Waals surface area contributed by atoms with E-state index in [2.05, 4.69) is 5.32 Å². The molecule has 0 radical (unpaired) electrons. The summed E-state index contributed by atoms with van der Waals surface area (Å²) in [4.78, 5) is 26.6. The number of carbonyl (C=O) groups excluding carboxylic acids is 2. The molecule has 0 aromatic rings. The maximum atomic E-state index is 12.6. The van der Waals surface area contributed by atoms with Crippen LogP contribution in [0.5, 0.6) is 0 Å². The lowest BCUT2D eigenvalue weighted by Gasteiger charge is -2.42. The highest BCUT2D eigenvalue weighted by Gasteiger charge is 2.43. The normalized spacial score (nSPS) is 25.0. The highest BCUT2D eigenvalue weighted by Crippen LogP contribution is 2.21. The lowest BCUT2D eigenvalue weighted by atomic mass is 9.91. The van der Waals surface area contributed by atoms with E-state index in [0.717, 1.165) is 6.42 Å². The molecule has 3 atom stereocenters. The minimum atomic E-state index is -0.399. The molecule has 0 spiro atoms. The fraction of sp³-hybridized carbons (Fsp3) is 0.867. The average Bonchev–Trinajstić information content (AvgIpc) is 2.41. The SMILES string of the molecule is CCOCCN1C(=O)C(C(C)CC)NC(=O)C1C(C)C. The molecule has 1 aliphatic heterocycles. The first-order valence-electron chi connectivity index (χ1n) is 7.62. The standard InChI is InChI=1S/C15H28N2O3/c1-6-11(5)12-15(19)17(8-9-20-7-2)13(10(3)4)14(18)16-12/h10-13H,6-9H2,1-5H3,(H,16,18). The molecule has 0 aliphatic carbocycles. The van der Waals surface area contributed by atoms with Gasteiger partial charge in [-0.1, -0.05) is 34.1 Å². The zero-order chi connectivity index (χ0) is 15.3. The van der Waals surface area contributed by atoms with Crippen molar-refractivity contribution in [3.8, 4) is 0 Å². The molecule has 0 saturated carbocycles. The average molecular weight is 284 g/mol. The van der Waals surface area contributed by atoms with E-state index in [1.807, 2.05) is 34.6 Å². The number of amides is 2. The topological polar surface area (TPSA) is 58.6 Å². The van der Waals surface area contributed by atoms with Crippen molar-refractivity contribution < 1.29 is 14.3 Å². The van der Waals surface area contributed by atoms with E-state index in [1.54, 1.807) is 4.90 Å². The van der Waals surface area contributed by atoms with Gasteiger partial charge < -0.3 is 15.0 Å². The van der Waals surface area contributed by atoms with Crippen LogP contribution in [0.4, 0.5) is 0 Å². The van der Waals surface area contributed by atoms with Crippen molar-refractivity contribution in [2.45, 2.75) is 53.1 Å². The summed E-state index contributed by atoms with van der Waals surface area (Å²) in [7, 11) is 0. The van der Waals surface area contributed by atoms with Crippen molar-refractivity contribution in [1.29, 1.82) is 0 Å². The summed E-state index contributed by atoms with van der Waals surface area (Å²) in [5.74, 6) is 0.228. The van der Waals surface area contributed by atoms with Crippen LogP contribution in [0.25, 0.3) is 0 Å². The van der Waals surface area contributed by atoms with Crippen molar-refractivity contribution >= 4 is 11.8 Å². The van der Waals surface area contributed by atoms with Gasteiger partial charge in [-0.15, -0.1) is 0 Å². The number of nitrogens with one attached hydrogen (secondary N) is 1. The van der Waals surface area contributed by atoms with E-state index in [-0.39, 0.29) is 29.7 Å². The number of ether oxygens (including phenoxy) is 1. The predicted octanol–water partition coefficient (Wildman–Crippen LogP) is 1.42. The van der Waals surface area contributed by atoms with E-state index >= 15 is 0 Å². The quantitative estimate of drug-likeness (QED) is 0.719. The molecule has 0 aromatic heterocycles. The number of rotatable bonds is 7. The lowest BCUT2D eigenvalue weighted by molar-refractivity contribution is -0.153. The first-order chi connectivity index (χ1) is 9.43. The van der Waals surface area contributed by atoms with Gasteiger partial charge in [-0.2, -0.15) is 0 Å². The number of piperazine rings is 1. The Labute approximate surface area is 122 Å². The van der Waals surface area contributed by atoms with Crippen molar-refractivity contribution in [3.05, 3.63) is 0 Å². The molecule has 1 N–H and O–H groups in total. The maximum absolute atomic E-state index is 12.6. The molecular weight excluding hydrogens is 256 g/mol. The number of nitrogens with zero attached hydrogens (tertiary/aromatic N) is 1. The van der Waals surface area contributed by atoms with Gasteiger partial charge >= 0.3 is 0 Å². The third kappa shape index (κ3) is 3.72. The van der Waals surface area contributed by atoms with E-state index < -0.39 is 6.04 Å². The Hall–Kier alpha value is -1.10. The highest BCUT2D eigenvalue weighted by molar-refractivity contribution is 5.97. The molecule has 2 amide bonds. The van der Waals surface area contributed by atoms with Crippen LogP contribution < -0.4 is 5.32 Å². The predicted molar refractivity (Wildman–Crippen MR) is 78.2 cm³/mol. The first kappa shape index (κ1) is 17.0. The molecule has 3 unspecified atom stereocenters. The zero-order valence-electron chi connectivity index (χ0n) is 13.3. The van der Waals surface area contributed by atoms with Crippen LogP contribution in [0, 0.1) is 11.8 Å². The zero-order valence-corrected chi connectivity index (χ0v) is 13.3. The van der Waals surface area contributed by atoms with Gasteiger partial charge in [-0.05, 0) is 18.8 Å². The second-order valence-electron chi connectivity index (χ2n) is 5.79. The molecule has 20 heavy (non-hydrogen) atoms. The van der Waals surface area contributed by atoms with Crippen molar-refractivity contribution in [2.75, 3.05) is 19.8 Å². The summed E-state index contributed by atoms with van der Waals surface area (Å²) in [6, 6.07) is -0.785. The van der Waals surface area contributed by atoms with Gasteiger partial charge in [0.05, 0.1) is 6.61 Å². The smallest absolute Gasteiger partial charge is 0.246 e. The molecule has 1 rings (SSSR count). The molecule has 1 aliphatic rings. The van der Waals surface area contributed by atoms with Gasteiger partial charge in [-0.3, -0.25) is 9.59 Å². The summed E-state index contributed by atoms with van der Waals surface area (Å²) in [5.41, 5.74) is 0. The summed E-state index contributed by atoms with van der Waals surface area (Å²) in [6.07, 6.45) is 0.863. The Kier molecular flexibility index (Phi) is 6.46. The maximum Gasteiger partial charge on any atom is 0.246 e.